The van der Waals surface area contributed by atoms with Gasteiger partial charge in [0.1, 0.15) is 17.2 Å². The van der Waals surface area contributed by atoms with Gasteiger partial charge < -0.3 is 9.47 Å². The van der Waals surface area contributed by atoms with Crippen LogP contribution in [-0.2, 0) is 15.3 Å². The van der Waals surface area contributed by atoms with Gasteiger partial charge in [-0.25, -0.2) is 8.42 Å². The van der Waals surface area contributed by atoms with Crippen molar-refractivity contribution in [2.24, 2.45) is 11.3 Å². The maximum absolute atomic E-state index is 13.0. The highest BCUT2D eigenvalue weighted by Gasteiger charge is 2.45. The lowest BCUT2D eigenvalue weighted by atomic mass is 9.55. The van der Waals surface area contributed by atoms with E-state index in [1.54, 1.807) is 43.5 Å². The minimum absolute atomic E-state index is 0.0993. The molecular formula is C35H38O4S. The van der Waals surface area contributed by atoms with Crippen LogP contribution in [0.3, 0.4) is 0 Å². The number of hydrogen-bond acceptors (Lipinski definition) is 4. The Bertz CT molecular complexity index is 1550. The maximum Gasteiger partial charge on any atom is 0.206 e. The third-order valence-corrected chi connectivity index (χ3v) is 9.91. The van der Waals surface area contributed by atoms with Crippen LogP contribution in [0.2, 0.25) is 0 Å². The first-order valence-corrected chi connectivity index (χ1v) is 15.3. The van der Waals surface area contributed by atoms with Crippen molar-refractivity contribution in [3.8, 4) is 17.2 Å². The van der Waals surface area contributed by atoms with E-state index in [4.69, 9.17) is 9.47 Å². The van der Waals surface area contributed by atoms with Gasteiger partial charge in [0.05, 0.1) is 16.9 Å². The van der Waals surface area contributed by atoms with Gasteiger partial charge in [-0.1, -0.05) is 62.7 Å². The molecule has 4 nitrogen and oxygen atoms in total. The molecule has 40 heavy (non-hydrogen) atoms. The summed E-state index contributed by atoms with van der Waals surface area (Å²) in [4.78, 5) is 0.530. The molecule has 0 heterocycles. The predicted molar refractivity (Wildman–Crippen MR) is 160 cm³/mol. The van der Waals surface area contributed by atoms with Gasteiger partial charge in [0, 0.05) is 5.41 Å². The molecule has 1 aliphatic carbocycles. The Labute approximate surface area is 238 Å². The van der Waals surface area contributed by atoms with Crippen LogP contribution in [0, 0.1) is 18.3 Å². The predicted octanol–water partition coefficient (Wildman–Crippen LogP) is 8.76. The summed E-state index contributed by atoms with van der Waals surface area (Å²) >= 11 is 0. The summed E-state index contributed by atoms with van der Waals surface area (Å²) in [7, 11) is -1.88. The lowest BCUT2D eigenvalue weighted by Crippen LogP contribution is -2.41. The zero-order valence-electron chi connectivity index (χ0n) is 24.0. The first-order valence-electron chi connectivity index (χ1n) is 13.9. The van der Waals surface area contributed by atoms with Gasteiger partial charge in [0.25, 0.3) is 0 Å². The van der Waals surface area contributed by atoms with Crippen LogP contribution in [0.5, 0.6) is 17.2 Å². The summed E-state index contributed by atoms with van der Waals surface area (Å²) in [6, 6.07) is 30.5. The molecular weight excluding hydrogens is 516 g/mol. The second-order valence-corrected chi connectivity index (χ2v) is 14.0. The van der Waals surface area contributed by atoms with Crippen LogP contribution in [0.25, 0.3) is 0 Å². The third kappa shape index (κ3) is 5.66. The molecule has 208 valence electrons. The normalized spacial score (nSPS) is 20.6. The van der Waals surface area contributed by atoms with Crippen LogP contribution in [-0.4, -0.2) is 15.5 Å². The zero-order valence-corrected chi connectivity index (χ0v) is 24.8. The number of aryl methyl sites for hydroxylation is 1. The fourth-order valence-corrected chi connectivity index (χ4v) is 7.87. The highest BCUT2D eigenvalue weighted by molar-refractivity contribution is 7.91. The highest BCUT2D eigenvalue weighted by Crippen LogP contribution is 2.53. The van der Waals surface area contributed by atoms with E-state index >= 15 is 0 Å². The number of ether oxygens (including phenoxy) is 2. The van der Waals surface area contributed by atoms with Gasteiger partial charge >= 0.3 is 0 Å². The summed E-state index contributed by atoms with van der Waals surface area (Å²) in [6.07, 6.45) is 3.36. The maximum atomic E-state index is 13.0. The average molecular weight is 555 g/mol. The van der Waals surface area contributed by atoms with E-state index in [1.807, 2.05) is 31.2 Å². The molecule has 1 aliphatic rings. The molecule has 0 aromatic heterocycles. The summed E-state index contributed by atoms with van der Waals surface area (Å²) in [6.45, 7) is 9.05. The van der Waals surface area contributed by atoms with Gasteiger partial charge in [-0.15, -0.1) is 0 Å². The van der Waals surface area contributed by atoms with Gasteiger partial charge in [0.2, 0.25) is 9.84 Å². The van der Waals surface area contributed by atoms with Crippen molar-refractivity contribution in [2.75, 3.05) is 7.11 Å². The van der Waals surface area contributed by atoms with E-state index in [0.29, 0.717) is 17.4 Å². The standard InChI is InChI=1S/C35H38O4S/c1-25-6-18-32(19-7-25)40(36,37)33-20-16-31(17-21-33)39-30-14-10-28(11-15-30)35(23-26(2)22-34(3,4)24-35)27-8-12-29(38-5)13-9-27/h6-21,26H,22-24H2,1-5H3. The van der Waals surface area contributed by atoms with Crippen LogP contribution in [0.1, 0.15) is 56.7 Å². The topological polar surface area (TPSA) is 52.6 Å². The summed E-state index contributed by atoms with van der Waals surface area (Å²) in [5, 5.41) is 0. The van der Waals surface area contributed by atoms with E-state index < -0.39 is 9.84 Å². The Morgan fingerprint density at radius 1 is 0.675 bits per heavy atom. The first kappa shape index (κ1) is 28.0. The quantitative estimate of drug-likeness (QED) is 0.229. The number of hydrogen-bond donors (Lipinski definition) is 0. The number of sulfone groups is 1. The van der Waals surface area contributed by atoms with Gasteiger partial charge in [-0.2, -0.15) is 0 Å². The molecule has 2 unspecified atom stereocenters. The van der Waals surface area contributed by atoms with Crippen LogP contribution in [0.15, 0.2) is 107 Å². The molecule has 0 bridgehead atoms. The summed E-state index contributed by atoms with van der Waals surface area (Å²) in [5.41, 5.74) is 3.73. The third-order valence-electron chi connectivity index (χ3n) is 8.13. The van der Waals surface area contributed by atoms with Crippen LogP contribution < -0.4 is 9.47 Å². The Balaban J connectivity index is 1.40. The second-order valence-electron chi connectivity index (χ2n) is 12.1. The van der Waals surface area contributed by atoms with Crippen LogP contribution >= 0.6 is 0 Å². The minimum Gasteiger partial charge on any atom is -0.497 e. The molecule has 4 aromatic rings. The van der Waals surface area contributed by atoms with Crippen molar-refractivity contribution in [3.63, 3.8) is 0 Å². The lowest BCUT2D eigenvalue weighted by Gasteiger charge is -2.48. The van der Waals surface area contributed by atoms with E-state index in [1.165, 1.54) is 17.5 Å². The Hall–Kier alpha value is -3.57. The van der Waals surface area contributed by atoms with Crippen molar-refractivity contribution < 1.29 is 17.9 Å². The van der Waals surface area contributed by atoms with E-state index in [0.717, 1.165) is 24.2 Å². The largest absolute Gasteiger partial charge is 0.497 e. The molecule has 0 spiro atoms. The van der Waals surface area contributed by atoms with Crippen molar-refractivity contribution in [1.82, 2.24) is 0 Å². The Morgan fingerprint density at radius 3 is 1.60 bits per heavy atom. The average Bonchev–Trinajstić information content (AvgIpc) is 2.93. The molecule has 0 saturated heterocycles. The molecule has 2 atom stereocenters. The molecule has 0 N–H and O–H groups in total. The van der Waals surface area contributed by atoms with Crippen molar-refractivity contribution in [1.29, 1.82) is 0 Å². The first-order chi connectivity index (χ1) is 19.0. The molecule has 0 amide bonds. The molecule has 1 saturated carbocycles. The SMILES string of the molecule is COc1ccc(C2(c3ccc(Oc4ccc(S(=O)(=O)c5ccc(C)cc5)cc4)cc3)CC(C)CC(C)(C)C2)cc1. The lowest BCUT2D eigenvalue weighted by molar-refractivity contribution is 0.127. The number of benzene rings is 4. The van der Waals surface area contributed by atoms with Gasteiger partial charge in [-0.3, -0.25) is 0 Å². The molecule has 4 aromatic carbocycles. The number of rotatable bonds is 7. The fourth-order valence-electron chi connectivity index (χ4n) is 6.61. The minimum atomic E-state index is -3.58. The van der Waals surface area contributed by atoms with Gasteiger partial charge in [-0.05, 0) is 109 Å². The fraction of sp³-hybridized carbons (Fsp3) is 0.314. The van der Waals surface area contributed by atoms with Crippen molar-refractivity contribution in [3.05, 3.63) is 114 Å². The van der Waals surface area contributed by atoms with E-state index in [2.05, 4.69) is 57.2 Å². The number of methoxy groups -OCH3 is 1. The van der Waals surface area contributed by atoms with E-state index in [-0.39, 0.29) is 20.6 Å². The smallest absolute Gasteiger partial charge is 0.206 e. The van der Waals surface area contributed by atoms with Crippen LogP contribution in [0.4, 0.5) is 0 Å². The molecule has 5 rings (SSSR count). The second kappa shape index (κ2) is 10.8. The molecule has 0 radical (unpaired) electrons. The zero-order chi connectivity index (χ0) is 28.5. The van der Waals surface area contributed by atoms with Crippen molar-refractivity contribution >= 4 is 9.84 Å². The van der Waals surface area contributed by atoms with Crippen molar-refractivity contribution in [2.45, 2.75) is 62.2 Å². The Morgan fingerprint density at radius 2 is 1.12 bits per heavy atom. The molecule has 1 fully saturated rings. The molecule has 5 heteroatoms. The highest BCUT2D eigenvalue weighted by atomic mass is 32.2. The summed E-state index contributed by atoms with van der Waals surface area (Å²) < 4.78 is 37.6. The summed E-state index contributed by atoms with van der Waals surface area (Å²) in [5.74, 6) is 2.76. The molecule has 0 aliphatic heterocycles. The Kier molecular flexibility index (Phi) is 7.54. The monoisotopic (exact) mass is 554 g/mol. The van der Waals surface area contributed by atoms with Gasteiger partial charge in [0.15, 0.2) is 0 Å². The van der Waals surface area contributed by atoms with E-state index in [9.17, 15) is 8.42 Å².